The van der Waals surface area contributed by atoms with Crippen molar-refractivity contribution in [1.29, 1.82) is 0 Å². The van der Waals surface area contributed by atoms with Crippen molar-refractivity contribution in [3.63, 3.8) is 0 Å². The molecule has 2 amide bonds. The third-order valence-corrected chi connectivity index (χ3v) is 3.17. The second-order valence-corrected chi connectivity index (χ2v) is 4.75. The average Bonchev–Trinajstić information content (AvgIpc) is 2.91. The third kappa shape index (κ3) is 3.88. The van der Waals surface area contributed by atoms with E-state index < -0.39 is 18.5 Å². The predicted molar refractivity (Wildman–Crippen MR) is 73.4 cm³/mol. The lowest BCUT2D eigenvalue weighted by Crippen LogP contribution is -2.35. The van der Waals surface area contributed by atoms with Gasteiger partial charge in [0.05, 0.1) is 12.2 Å². The van der Waals surface area contributed by atoms with Crippen LogP contribution in [0.2, 0.25) is 0 Å². The molecule has 0 N–H and O–H groups in total. The lowest BCUT2D eigenvalue weighted by atomic mass is 10.1. The molecule has 1 aromatic carbocycles. The van der Waals surface area contributed by atoms with Crippen LogP contribution in [0.3, 0.4) is 0 Å². The van der Waals surface area contributed by atoms with Crippen LogP contribution in [0.25, 0.3) is 0 Å². The largest absolute Gasteiger partial charge is 0.452 e. The summed E-state index contributed by atoms with van der Waals surface area (Å²) in [5.74, 6) is -1.27. The molecule has 21 heavy (non-hydrogen) atoms. The highest BCUT2D eigenvalue weighted by Gasteiger charge is 2.27. The van der Waals surface area contributed by atoms with Gasteiger partial charge in [-0.1, -0.05) is 12.1 Å². The van der Waals surface area contributed by atoms with Crippen LogP contribution in [-0.2, 0) is 25.7 Å². The standard InChI is InChI=1S/C15H17NO5/c1-20-9-11-4-2-5-12(8-11)15(19)21-10-14(18)16-7-3-6-13(16)17/h2,4-5,8H,3,6-7,9-10H2,1H3. The average molecular weight is 291 g/mol. The third-order valence-electron chi connectivity index (χ3n) is 3.17. The van der Waals surface area contributed by atoms with Crippen molar-refractivity contribution in [2.75, 3.05) is 20.3 Å². The molecule has 0 saturated carbocycles. The van der Waals surface area contributed by atoms with Gasteiger partial charge in [-0.25, -0.2) is 4.79 Å². The Bertz CT molecular complexity index is 555. The van der Waals surface area contributed by atoms with Gasteiger partial charge in [0.2, 0.25) is 5.91 Å². The first kappa shape index (κ1) is 15.2. The van der Waals surface area contributed by atoms with E-state index in [1.807, 2.05) is 6.07 Å². The van der Waals surface area contributed by atoms with Gasteiger partial charge in [-0.3, -0.25) is 14.5 Å². The molecule has 0 radical (unpaired) electrons. The molecule has 6 heteroatoms. The molecule has 6 nitrogen and oxygen atoms in total. The second-order valence-electron chi connectivity index (χ2n) is 4.75. The number of rotatable bonds is 5. The minimum absolute atomic E-state index is 0.210. The quantitative estimate of drug-likeness (QED) is 0.761. The van der Waals surface area contributed by atoms with Crippen LogP contribution in [0.4, 0.5) is 0 Å². The Morgan fingerprint density at radius 2 is 2.14 bits per heavy atom. The maximum Gasteiger partial charge on any atom is 0.338 e. The molecule has 0 aromatic heterocycles. The summed E-state index contributed by atoms with van der Waals surface area (Å²) >= 11 is 0. The highest BCUT2D eigenvalue weighted by Crippen LogP contribution is 2.11. The lowest BCUT2D eigenvalue weighted by Gasteiger charge is -2.13. The minimum atomic E-state index is -0.590. The lowest BCUT2D eigenvalue weighted by molar-refractivity contribution is -0.143. The number of benzene rings is 1. The fourth-order valence-corrected chi connectivity index (χ4v) is 2.16. The number of amides is 2. The van der Waals surface area contributed by atoms with E-state index in [1.165, 1.54) is 0 Å². The van der Waals surface area contributed by atoms with Gasteiger partial charge in [0.25, 0.3) is 5.91 Å². The Balaban J connectivity index is 1.91. The maximum absolute atomic E-state index is 11.9. The Labute approximate surface area is 122 Å². The zero-order valence-electron chi connectivity index (χ0n) is 11.8. The minimum Gasteiger partial charge on any atom is -0.452 e. The number of carbonyl (C=O) groups excluding carboxylic acids is 3. The van der Waals surface area contributed by atoms with Crippen molar-refractivity contribution >= 4 is 17.8 Å². The number of likely N-dealkylation sites (tertiary alicyclic amines) is 1. The number of methoxy groups -OCH3 is 1. The zero-order chi connectivity index (χ0) is 15.2. The SMILES string of the molecule is COCc1cccc(C(=O)OCC(=O)N2CCCC2=O)c1. The van der Waals surface area contributed by atoms with Crippen molar-refractivity contribution in [2.24, 2.45) is 0 Å². The van der Waals surface area contributed by atoms with Crippen LogP contribution in [0.5, 0.6) is 0 Å². The van der Waals surface area contributed by atoms with Gasteiger partial charge >= 0.3 is 5.97 Å². The van der Waals surface area contributed by atoms with E-state index in [1.54, 1.807) is 25.3 Å². The molecule has 1 fully saturated rings. The van der Waals surface area contributed by atoms with Crippen LogP contribution in [0, 0.1) is 0 Å². The monoisotopic (exact) mass is 291 g/mol. The fourth-order valence-electron chi connectivity index (χ4n) is 2.16. The van der Waals surface area contributed by atoms with E-state index >= 15 is 0 Å². The molecule has 0 aliphatic carbocycles. The summed E-state index contributed by atoms with van der Waals surface area (Å²) in [4.78, 5) is 36.2. The molecule has 1 aromatic rings. The first-order chi connectivity index (χ1) is 10.1. The number of esters is 1. The highest BCUT2D eigenvalue weighted by atomic mass is 16.5. The Kier molecular flexibility index (Phi) is 5.05. The fraction of sp³-hybridized carbons (Fsp3) is 0.400. The van der Waals surface area contributed by atoms with Crippen molar-refractivity contribution in [3.8, 4) is 0 Å². The van der Waals surface area contributed by atoms with Gasteiger partial charge in [0.15, 0.2) is 6.61 Å². The Hall–Kier alpha value is -2.21. The summed E-state index contributed by atoms with van der Waals surface area (Å²) in [6.07, 6.45) is 1.04. The van der Waals surface area contributed by atoms with Gasteiger partial charge in [0.1, 0.15) is 0 Å². The highest BCUT2D eigenvalue weighted by molar-refractivity contribution is 5.98. The first-order valence-electron chi connectivity index (χ1n) is 6.70. The van der Waals surface area contributed by atoms with Crippen LogP contribution in [-0.4, -0.2) is 42.9 Å². The number of ether oxygens (including phenoxy) is 2. The molecular weight excluding hydrogens is 274 g/mol. The summed E-state index contributed by atoms with van der Waals surface area (Å²) in [5, 5.41) is 0. The molecule has 0 atom stereocenters. The van der Waals surface area contributed by atoms with E-state index in [0.29, 0.717) is 31.6 Å². The van der Waals surface area contributed by atoms with E-state index in [9.17, 15) is 14.4 Å². The van der Waals surface area contributed by atoms with E-state index in [-0.39, 0.29) is 5.91 Å². The van der Waals surface area contributed by atoms with Crippen LogP contribution < -0.4 is 0 Å². The van der Waals surface area contributed by atoms with Crippen molar-refractivity contribution in [1.82, 2.24) is 4.90 Å². The maximum atomic E-state index is 11.9. The first-order valence-corrected chi connectivity index (χ1v) is 6.70. The number of hydrogen-bond donors (Lipinski definition) is 0. The molecule has 2 rings (SSSR count). The predicted octanol–water partition coefficient (Wildman–Crippen LogP) is 1.14. The summed E-state index contributed by atoms with van der Waals surface area (Å²) in [5.41, 5.74) is 1.19. The van der Waals surface area contributed by atoms with Crippen molar-refractivity contribution in [3.05, 3.63) is 35.4 Å². The van der Waals surface area contributed by atoms with Gasteiger partial charge < -0.3 is 9.47 Å². The summed E-state index contributed by atoms with van der Waals surface area (Å²) in [7, 11) is 1.57. The van der Waals surface area contributed by atoms with E-state index in [4.69, 9.17) is 9.47 Å². The smallest absolute Gasteiger partial charge is 0.338 e. The molecule has 1 heterocycles. The molecule has 112 valence electrons. The Morgan fingerprint density at radius 1 is 1.33 bits per heavy atom. The zero-order valence-corrected chi connectivity index (χ0v) is 11.8. The van der Waals surface area contributed by atoms with Gasteiger partial charge in [0, 0.05) is 20.1 Å². The van der Waals surface area contributed by atoms with Crippen LogP contribution in [0.15, 0.2) is 24.3 Å². The molecule has 1 saturated heterocycles. The number of imide groups is 1. The summed E-state index contributed by atoms with van der Waals surface area (Å²) in [6, 6.07) is 6.80. The van der Waals surface area contributed by atoms with Gasteiger partial charge in [-0.05, 0) is 24.1 Å². The topological polar surface area (TPSA) is 72.9 Å². The van der Waals surface area contributed by atoms with E-state index in [0.717, 1.165) is 10.5 Å². The van der Waals surface area contributed by atoms with Crippen molar-refractivity contribution < 1.29 is 23.9 Å². The van der Waals surface area contributed by atoms with E-state index in [2.05, 4.69) is 0 Å². The number of carbonyl (C=O) groups is 3. The molecule has 1 aliphatic rings. The molecule has 0 unspecified atom stereocenters. The number of hydrogen-bond acceptors (Lipinski definition) is 5. The Morgan fingerprint density at radius 3 is 2.81 bits per heavy atom. The molecule has 0 spiro atoms. The summed E-state index contributed by atoms with van der Waals surface area (Å²) in [6.45, 7) is 0.375. The van der Waals surface area contributed by atoms with Crippen LogP contribution in [0.1, 0.15) is 28.8 Å². The second kappa shape index (κ2) is 6.99. The molecule has 0 bridgehead atoms. The molecular formula is C15H17NO5. The van der Waals surface area contributed by atoms with Crippen LogP contribution >= 0.6 is 0 Å². The number of nitrogens with zero attached hydrogens (tertiary/aromatic N) is 1. The van der Waals surface area contributed by atoms with Crippen molar-refractivity contribution in [2.45, 2.75) is 19.4 Å². The summed E-state index contributed by atoms with van der Waals surface area (Å²) < 4.78 is 9.95. The van der Waals surface area contributed by atoms with Gasteiger partial charge in [-0.2, -0.15) is 0 Å². The molecule has 1 aliphatic heterocycles. The van der Waals surface area contributed by atoms with Gasteiger partial charge in [-0.15, -0.1) is 0 Å². The normalized spacial score (nSPS) is 14.3.